The normalized spacial score (nSPS) is 15.5. The molecule has 0 aliphatic carbocycles. The van der Waals surface area contributed by atoms with Gasteiger partial charge in [-0.3, -0.25) is 14.5 Å². The Morgan fingerprint density at radius 2 is 1.94 bits per heavy atom. The van der Waals surface area contributed by atoms with Crippen LogP contribution in [0.2, 0.25) is 0 Å². The highest BCUT2D eigenvalue weighted by atomic mass is 32.2. The second-order valence-corrected chi connectivity index (χ2v) is 5.14. The molecule has 0 saturated carbocycles. The Bertz CT molecular complexity index is 477. The van der Waals surface area contributed by atoms with Crippen LogP contribution in [0.5, 0.6) is 0 Å². The third kappa shape index (κ3) is 2.81. The minimum absolute atomic E-state index is 0.115. The van der Waals surface area contributed by atoms with Gasteiger partial charge in [0.1, 0.15) is 5.82 Å². The lowest BCUT2D eigenvalue weighted by atomic mass is 10.3. The van der Waals surface area contributed by atoms with E-state index in [9.17, 15) is 14.0 Å². The Labute approximate surface area is 108 Å². The van der Waals surface area contributed by atoms with Crippen molar-refractivity contribution in [3.8, 4) is 0 Å². The monoisotopic (exact) mass is 268 g/mol. The van der Waals surface area contributed by atoms with Crippen molar-refractivity contribution in [2.24, 2.45) is 0 Å². The molecule has 2 amide bonds. The van der Waals surface area contributed by atoms with E-state index < -0.39 is 5.82 Å². The molecule has 18 heavy (non-hydrogen) atoms. The Morgan fingerprint density at radius 3 is 2.56 bits per heavy atom. The van der Waals surface area contributed by atoms with Crippen molar-refractivity contribution >= 4 is 29.3 Å². The molecule has 0 atom stereocenters. The van der Waals surface area contributed by atoms with E-state index in [4.69, 9.17) is 5.73 Å². The van der Waals surface area contributed by atoms with Crippen molar-refractivity contribution in [1.29, 1.82) is 0 Å². The molecule has 1 heterocycles. The molecule has 1 saturated heterocycles. The van der Waals surface area contributed by atoms with Gasteiger partial charge in [0, 0.05) is 30.0 Å². The summed E-state index contributed by atoms with van der Waals surface area (Å²) >= 11 is 1.39. The van der Waals surface area contributed by atoms with E-state index in [1.807, 2.05) is 0 Å². The number of rotatable bonds is 4. The topological polar surface area (TPSA) is 63.4 Å². The molecule has 0 aromatic heterocycles. The van der Waals surface area contributed by atoms with Gasteiger partial charge >= 0.3 is 0 Å². The summed E-state index contributed by atoms with van der Waals surface area (Å²) in [7, 11) is 0. The SMILES string of the molecule is Nc1ccc(SCCN2C(=O)CCC2=O)cc1F. The minimum atomic E-state index is -0.451. The molecule has 2 rings (SSSR count). The predicted octanol–water partition coefficient (Wildman–Crippen LogP) is 1.65. The first-order valence-corrected chi connectivity index (χ1v) is 6.57. The first-order chi connectivity index (χ1) is 8.58. The van der Waals surface area contributed by atoms with E-state index in [-0.39, 0.29) is 17.5 Å². The number of hydrogen-bond donors (Lipinski definition) is 1. The molecule has 2 N–H and O–H groups in total. The van der Waals surface area contributed by atoms with Gasteiger partial charge in [0.05, 0.1) is 5.69 Å². The Hall–Kier alpha value is -1.56. The van der Waals surface area contributed by atoms with Crippen LogP contribution in [0.3, 0.4) is 0 Å². The molecule has 0 bridgehead atoms. The van der Waals surface area contributed by atoms with Crippen LogP contribution < -0.4 is 5.73 Å². The van der Waals surface area contributed by atoms with E-state index >= 15 is 0 Å². The van der Waals surface area contributed by atoms with Crippen LogP contribution in [0.15, 0.2) is 23.1 Å². The number of amides is 2. The number of halogens is 1. The number of imide groups is 1. The molecule has 0 spiro atoms. The maximum absolute atomic E-state index is 13.2. The van der Waals surface area contributed by atoms with Crippen molar-refractivity contribution in [3.63, 3.8) is 0 Å². The zero-order valence-corrected chi connectivity index (χ0v) is 10.5. The van der Waals surface area contributed by atoms with Crippen molar-refractivity contribution in [2.45, 2.75) is 17.7 Å². The van der Waals surface area contributed by atoms with Gasteiger partial charge in [0.15, 0.2) is 0 Å². The molecule has 4 nitrogen and oxygen atoms in total. The maximum Gasteiger partial charge on any atom is 0.229 e. The number of nitrogens with two attached hydrogens (primary N) is 1. The number of likely N-dealkylation sites (tertiary alicyclic amines) is 1. The average Bonchev–Trinajstić information content (AvgIpc) is 2.65. The summed E-state index contributed by atoms with van der Waals surface area (Å²) in [5, 5.41) is 0. The minimum Gasteiger partial charge on any atom is -0.396 e. The fraction of sp³-hybridized carbons (Fsp3) is 0.333. The number of nitrogens with zero attached hydrogens (tertiary/aromatic N) is 1. The van der Waals surface area contributed by atoms with Gasteiger partial charge in [-0.05, 0) is 18.2 Å². The highest BCUT2D eigenvalue weighted by Crippen LogP contribution is 2.22. The van der Waals surface area contributed by atoms with E-state index in [1.54, 1.807) is 6.07 Å². The Kier molecular flexibility index (Phi) is 3.86. The van der Waals surface area contributed by atoms with E-state index in [1.165, 1.54) is 28.8 Å². The standard InChI is InChI=1S/C12H13FN2O2S/c13-9-7-8(1-2-10(9)14)18-6-5-15-11(16)3-4-12(15)17/h1-2,7H,3-6,14H2. The molecule has 96 valence electrons. The molecular formula is C12H13FN2O2S. The van der Waals surface area contributed by atoms with Gasteiger partial charge < -0.3 is 5.73 Å². The van der Waals surface area contributed by atoms with Gasteiger partial charge in [-0.1, -0.05) is 0 Å². The third-order valence-corrected chi connectivity index (χ3v) is 3.68. The first-order valence-electron chi connectivity index (χ1n) is 5.59. The van der Waals surface area contributed by atoms with Gasteiger partial charge in [-0.2, -0.15) is 0 Å². The zero-order valence-electron chi connectivity index (χ0n) is 9.69. The lowest BCUT2D eigenvalue weighted by Crippen LogP contribution is -2.31. The average molecular weight is 268 g/mol. The van der Waals surface area contributed by atoms with Crippen molar-refractivity contribution in [2.75, 3.05) is 18.0 Å². The number of hydrogen-bond acceptors (Lipinski definition) is 4. The lowest BCUT2D eigenvalue weighted by molar-refractivity contribution is -0.137. The van der Waals surface area contributed by atoms with Gasteiger partial charge in [0.25, 0.3) is 0 Å². The van der Waals surface area contributed by atoms with Crippen molar-refractivity contribution in [1.82, 2.24) is 4.90 Å². The largest absolute Gasteiger partial charge is 0.396 e. The first kappa shape index (κ1) is 12.9. The maximum atomic E-state index is 13.2. The van der Waals surface area contributed by atoms with Crippen LogP contribution in [-0.4, -0.2) is 29.0 Å². The fourth-order valence-corrected chi connectivity index (χ4v) is 2.59. The summed E-state index contributed by atoms with van der Waals surface area (Å²) in [6.07, 6.45) is 0.611. The number of benzene rings is 1. The molecule has 1 aliphatic rings. The quantitative estimate of drug-likeness (QED) is 0.512. The number of nitrogen functional groups attached to an aromatic ring is 1. The molecule has 0 unspecified atom stereocenters. The van der Waals surface area contributed by atoms with Crippen LogP contribution in [0, 0.1) is 5.82 Å². The van der Waals surface area contributed by atoms with Crippen LogP contribution in [-0.2, 0) is 9.59 Å². The smallest absolute Gasteiger partial charge is 0.229 e. The second-order valence-electron chi connectivity index (χ2n) is 3.97. The number of anilines is 1. The molecule has 1 aromatic rings. The third-order valence-electron chi connectivity index (χ3n) is 2.71. The van der Waals surface area contributed by atoms with Gasteiger partial charge in [-0.25, -0.2) is 4.39 Å². The highest BCUT2D eigenvalue weighted by molar-refractivity contribution is 7.99. The van der Waals surface area contributed by atoms with E-state index in [0.29, 0.717) is 25.1 Å². The van der Waals surface area contributed by atoms with Gasteiger partial charge in [0.2, 0.25) is 11.8 Å². The molecule has 1 aliphatic heterocycles. The van der Waals surface area contributed by atoms with Crippen molar-refractivity contribution in [3.05, 3.63) is 24.0 Å². The number of carbonyl (C=O) groups is 2. The summed E-state index contributed by atoms with van der Waals surface area (Å²) in [6.45, 7) is 0.369. The predicted molar refractivity (Wildman–Crippen MR) is 67.5 cm³/mol. The molecule has 6 heteroatoms. The number of thioether (sulfide) groups is 1. The lowest BCUT2D eigenvalue weighted by Gasteiger charge is -2.13. The van der Waals surface area contributed by atoms with Crippen LogP contribution >= 0.6 is 11.8 Å². The molecular weight excluding hydrogens is 255 g/mol. The van der Waals surface area contributed by atoms with Gasteiger partial charge in [-0.15, -0.1) is 11.8 Å². The van der Waals surface area contributed by atoms with Crippen LogP contribution in [0.1, 0.15) is 12.8 Å². The van der Waals surface area contributed by atoms with Crippen LogP contribution in [0.25, 0.3) is 0 Å². The Balaban J connectivity index is 1.86. The highest BCUT2D eigenvalue weighted by Gasteiger charge is 2.27. The van der Waals surface area contributed by atoms with Crippen molar-refractivity contribution < 1.29 is 14.0 Å². The fourth-order valence-electron chi connectivity index (χ4n) is 1.72. The van der Waals surface area contributed by atoms with E-state index in [0.717, 1.165) is 4.90 Å². The second kappa shape index (κ2) is 5.39. The Morgan fingerprint density at radius 1 is 1.28 bits per heavy atom. The summed E-state index contributed by atoms with van der Waals surface area (Å²) in [4.78, 5) is 24.7. The zero-order chi connectivity index (χ0) is 13.1. The molecule has 0 radical (unpaired) electrons. The number of carbonyl (C=O) groups excluding carboxylic acids is 2. The van der Waals surface area contributed by atoms with E-state index in [2.05, 4.69) is 0 Å². The summed E-state index contributed by atoms with van der Waals surface area (Å²) < 4.78 is 13.2. The summed E-state index contributed by atoms with van der Waals surface area (Å²) in [5.41, 5.74) is 5.49. The molecule has 1 aromatic carbocycles. The molecule has 1 fully saturated rings. The van der Waals surface area contributed by atoms with Crippen LogP contribution in [0.4, 0.5) is 10.1 Å². The summed E-state index contributed by atoms with van der Waals surface area (Å²) in [5.74, 6) is -0.137. The summed E-state index contributed by atoms with van der Waals surface area (Å²) in [6, 6.07) is 4.58.